The summed E-state index contributed by atoms with van der Waals surface area (Å²) >= 11 is 0. The number of nitrogens with one attached hydrogen (secondary N) is 1. The summed E-state index contributed by atoms with van der Waals surface area (Å²) in [7, 11) is 3.86. The van der Waals surface area contributed by atoms with Crippen molar-refractivity contribution in [2.24, 2.45) is 0 Å². The lowest BCUT2D eigenvalue weighted by molar-refractivity contribution is -0.150. The van der Waals surface area contributed by atoms with E-state index in [0.717, 1.165) is 0 Å². The van der Waals surface area contributed by atoms with Gasteiger partial charge in [0.05, 0.1) is 25.5 Å². The number of nitrogens with zero attached hydrogens (tertiary/aromatic N) is 1. The number of likely N-dealkylation sites (N-methyl/N-ethyl adjacent to an activating group) is 1. The molecule has 2 amide bonds. The molecule has 0 saturated heterocycles. The SMILES string of the molecule is COC(=O)c1cc2c(cc1NC(=O)OC(C)(C)C)C(C)(C(=O)OC)C(=O)N2C. The molecule has 152 valence electrons. The minimum absolute atomic E-state index is 0.0147. The molecule has 1 aromatic rings. The van der Waals surface area contributed by atoms with Crippen molar-refractivity contribution in [3.63, 3.8) is 0 Å². The molecule has 1 aliphatic heterocycles. The van der Waals surface area contributed by atoms with Gasteiger partial charge in [-0.1, -0.05) is 0 Å². The Morgan fingerprint density at radius 2 is 1.71 bits per heavy atom. The molecule has 2 rings (SSSR count). The molecule has 0 saturated carbocycles. The van der Waals surface area contributed by atoms with Crippen molar-refractivity contribution in [3.8, 4) is 0 Å². The lowest BCUT2D eigenvalue weighted by Crippen LogP contribution is -2.43. The van der Waals surface area contributed by atoms with Crippen LogP contribution in [0, 0.1) is 0 Å². The van der Waals surface area contributed by atoms with E-state index < -0.39 is 35.0 Å². The van der Waals surface area contributed by atoms with Crippen LogP contribution in [0.4, 0.5) is 16.2 Å². The van der Waals surface area contributed by atoms with Gasteiger partial charge in [-0.3, -0.25) is 14.9 Å². The van der Waals surface area contributed by atoms with Crippen LogP contribution in [0.2, 0.25) is 0 Å². The Kier molecular flexibility index (Phi) is 5.41. The molecule has 9 nitrogen and oxygen atoms in total. The van der Waals surface area contributed by atoms with E-state index in [1.165, 1.54) is 45.2 Å². The highest BCUT2D eigenvalue weighted by atomic mass is 16.6. The van der Waals surface area contributed by atoms with Crippen molar-refractivity contribution in [1.29, 1.82) is 0 Å². The fourth-order valence-electron chi connectivity index (χ4n) is 3.02. The molecule has 1 atom stereocenters. The zero-order chi connectivity index (χ0) is 21.4. The summed E-state index contributed by atoms with van der Waals surface area (Å²) in [6.07, 6.45) is -0.796. The van der Waals surface area contributed by atoms with Crippen LogP contribution < -0.4 is 10.2 Å². The Bertz CT molecular complexity index is 857. The Hall–Kier alpha value is -3.10. The fraction of sp³-hybridized carbons (Fsp3) is 0.474. The first-order chi connectivity index (χ1) is 12.9. The van der Waals surface area contributed by atoms with Gasteiger partial charge in [0.2, 0.25) is 5.91 Å². The predicted octanol–water partition coefficient (Wildman–Crippen LogP) is 2.23. The van der Waals surface area contributed by atoms with Crippen molar-refractivity contribution >= 4 is 35.3 Å². The monoisotopic (exact) mass is 392 g/mol. The van der Waals surface area contributed by atoms with Gasteiger partial charge in [-0.15, -0.1) is 0 Å². The summed E-state index contributed by atoms with van der Waals surface area (Å²) < 4.78 is 14.8. The van der Waals surface area contributed by atoms with Crippen LogP contribution in [0.1, 0.15) is 43.6 Å². The van der Waals surface area contributed by atoms with Crippen LogP contribution in [-0.4, -0.2) is 50.8 Å². The molecule has 0 radical (unpaired) electrons. The van der Waals surface area contributed by atoms with Gasteiger partial charge in [-0.25, -0.2) is 9.59 Å². The summed E-state index contributed by atoms with van der Waals surface area (Å²) in [4.78, 5) is 50.8. The van der Waals surface area contributed by atoms with Gasteiger partial charge >= 0.3 is 18.0 Å². The van der Waals surface area contributed by atoms with E-state index in [0.29, 0.717) is 11.3 Å². The second-order valence-electron chi connectivity index (χ2n) is 7.51. The molecule has 9 heteroatoms. The van der Waals surface area contributed by atoms with Crippen molar-refractivity contribution in [1.82, 2.24) is 0 Å². The van der Waals surface area contributed by atoms with Gasteiger partial charge in [0.15, 0.2) is 5.41 Å². The summed E-state index contributed by atoms with van der Waals surface area (Å²) in [5, 5.41) is 2.49. The highest BCUT2D eigenvalue weighted by Crippen LogP contribution is 2.44. The average molecular weight is 392 g/mol. The first-order valence-corrected chi connectivity index (χ1v) is 8.50. The third kappa shape index (κ3) is 3.51. The number of ether oxygens (including phenoxy) is 3. The topological polar surface area (TPSA) is 111 Å². The van der Waals surface area contributed by atoms with Gasteiger partial charge in [0, 0.05) is 18.3 Å². The minimum Gasteiger partial charge on any atom is -0.468 e. The van der Waals surface area contributed by atoms with E-state index in [2.05, 4.69) is 5.32 Å². The second-order valence-corrected chi connectivity index (χ2v) is 7.51. The lowest BCUT2D eigenvalue weighted by Gasteiger charge is -2.22. The maximum absolute atomic E-state index is 12.8. The van der Waals surface area contributed by atoms with Crippen LogP contribution in [0.3, 0.4) is 0 Å². The van der Waals surface area contributed by atoms with E-state index in [1.54, 1.807) is 20.8 Å². The zero-order valence-electron chi connectivity index (χ0n) is 17.0. The van der Waals surface area contributed by atoms with Gasteiger partial charge in [-0.05, 0) is 39.8 Å². The molecular formula is C19H24N2O7. The second kappa shape index (κ2) is 7.14. The number of anilines is 2. The third-order valence-corrected chi connectivity index (χ3v) is 4.40. The normalized spacial score (nSPS) is 18.4. The van der Waals surface area contributed by atoms with Crippen LogP contribution >= 0.6 is 0 Å². The van der Waals surface area contributed by atoms with E-state index in [1.807, 2.05) is 0 Å². The van der Waals surface area contributed by atoms with E-state index in [9.17, 15) is 19.2 Å². The van der Waals surface area contributed by atoms with Crippen LogP contribution in [0.5, 0.6) is 0 Å². The molecule has 0 aromatic heterocycles. The average Bonchev–Trinajstić information content (AvgIpc) is 2.80. The van der Waals surface area contributed by atoms with Crippen molar-refractivity contribution < 1.29 is 33.4 Å². The van der Waals surface area contributed by atoms with Gasteiger partial charge in [0.1, 0.15) is 5.60 Å². The molecule has 1 aromatic carbocycles. The zero-order valence-corrected chi connectivity index (χ0v) is 17.0. The number of esters is 2. The van der Waals surface area contributed by atoms with Crippen molar-refractivity contribution in [3.05, 3.63) is 23.3 Å². The summed E-state index contributed by atoms with van der Waals surface area (Å²) in [6.45, 7) is 6.51. The third-order valence-electron chi connectivity index (χ3n) is 4.40. The quantitative estimate of drug-likeness (QED) is 0.477. The predicted molar refractivity (Wildman–Crippen MR) is 100 cm³/mol. The van der Waals surface area contributed by atoms with E-state index >= 15 is 0 Å². The van der Waals surface area contributed by atoms with Crippen LogP contribution in [-0.2, 0) is 29.2 Å². The molecular weight excluding hydrogens is 368 g/mol. The number of methoxy groups -OCH3 is 2. The largest absolute Gasteiger partial charge is 0.468 e. The summed E-state index contributed by atoms with van der Waals surface area (Å²) in [5.74, 6) is -1.99. The first kappa shape index (κ1) is 21.2. The number of amides is 2. The molecule has 28 heavy (non-hydrogen) atoms. The molecule has 1 aliphatic rings. The van der Waals surface area contributed by atoms with Crippen LogP contribution in [0.15, 0.2) is 12.1 Å². The van der Waals surface area contributed by atoms with E-state index in [4.69, 9.17) is 14.2 Å². The number of benzene rings is 1. The molecule has 0 fully saturated rings. The summed E-state index contributed by atoms with van der Waals surface area (Å²) in [6, 6.07) is 2.78. The first-order valence-electron chi connectivity index (χ1n) is 8.50. The Balaban J connectivity index is 2.63. The minimum atomic E-state index is -1.61. The Labute approximate surface area is 162 Å². The Morgan fingerprint density at radius 3 is 2.21 bits per heavy atom. The molecule has 0 bridgehead atoms. The molecule has 1 unspecified atom stereocenters. The Morgan fingerprint density at radius 1 is 1.11 bits per heavy atom. The molecule has 0 aliphatic carbocycles. The number of hydrogen-bond acceptors (Lipinski definition) is 7. The van der Waals surface area contributed by atoms with Gasteiger partial charge in [0.25, 0.3) is 0 Å². The molecule has 1 N–H and O–H groups in total. The molecule has 0 spiro atoms. The number of hydrogen-bond donors (Lipinski definition) is 1. The number of carbonyl (C=O) groups excluding carboxylic acids is 4. The number of fused-ring (bicyclic) bond motifs is 1. The standard InChI is InChI=1S/C19H24N2O7/c1-18(2,3)28-17(25)20-12-9-11-13(8-10(12)14(22)26-6)21(5)15(23)19(11,4)16(24)27-7/h8-9H,1-7H3,(H,20,25). The fourth-order valence-corrected chi connectivity index (χ4v) is 3.02. The van der Waals surface area contributed by atoms with Crippen LogP contribution in [0.25, 0.3) is 0 Å². The maximum atomic E-state index is 12.8. The van der Waals surface area contributed by atoms with Crippen molar-refractivity contribution in [2.45, 2.75) is 38.7 Å². The molecule has 1 heterocycles. The van der Waals surface area contributed by atoms with E-state index in [-0.39, 0.29) is 11.3 Å². The number of carbonyl (C=O) groups is 4. The summed E-state index contributed by atoms with van der Waals surface area (Å²) in [5.41, 5.74) is -1.67. The highest BCUT2D eigenvalue weighted by molar-refractivity contribution is 6.21. The van der Waals surface area contributed by atoms with Gasteiger partial charge in [-0.2, -0.15) is 0 Å². The lowest BCUT2D eigenvalue weighted by atomic mass is 9.83. The van der Waals surface area contributed by atoms with Gasteiger partial charge < -0.3 is 19.1 Å². The number of rotatable bonds is 3. The van der Waals surface area contributed by atoms with Crippen molar-refractivity contribution in [2.75, 3.05) is 31.5 Å². The highest BCUT2D eigenvalue weighted by Gasteiger charge is 2.53. The smallest absolute Gasteiger partial charge is 0.412 e. The maximum Gasteiger partial charge on any atom is 0.412 e.